The molecule has 1 aliphatic carbocycles. The Kier molecular flexibility index (Phi) is 4.92. The van der Waals surface area contributed by atoms with Gasteiger partial charge in [-0.3, -0.25) is 0 Å². The van der Waals surface area contributed by atoms with Crippen LogP contribution in [-0.4, -0.2) is 13.2 Å². The zero-order chi connectivity index (χ0) is 11.6. The molecule has 0 aliphatic heterocycles. The molecule has 1 aromatic rings. The van der Waals surface area contributed by atoms with Crippen molar-refractivity contribution in [3.8, 4) is 0 Å². The molecule has 2 N–H and O–H groups in total. The summed E-state index contributed by atoms with van der Waals surface area (Å²) in [5, 5.41) is 0. The van der Waals surface area contributed by atoms with Crippen molar-refractivity contribution in [3.05, 3.63) is 35.6 Å². The lowest BCUT2D eigenvalue weighted by atomic mass is 9.78. The van der Waals surface area contributed by atoms with E-state index in [1.165, 1.54) is 12.1 Å². The highest BCUT2D eigenvalue weighted by molar-refractivity contribution is 5.85. The summed E-state index contributed by atoms with van der Waals surface area (Å²) in [4.78, 5) is 0. The lowest BCUT2D eigenvalue weighted by Gasteiger charge is -2.38. The van der Waals surface area contributed by atoms with E-state index in [9.17, 15) is 4.39 Å². The first-order valence-corrected chi connectivity index (χ1v) is 5.73. The third-order valence-corrected chi connectivity index (χ3v) is 3.60. The molecule has 0 spiro atoms. The largest absolute Gasteiger partial charge is 0.374 e. The van der Waals surface area contributed by atoms with Crippen LogP contribution in [0, 0.1) is 5.82 Å². The van der Waals surface area contributed by atoms with Gasteiger partial charge in [-0.2, -0.15) is 0 Å². The minimum atomic E-state index is -0.260. The molecule has 2 rings (SSSR count). The third kappa shape index (κ3) is 2.97. The zero-order valence-corrected chi connectivity index (χ0v) is 10.8. The fraction of sp³-hybridized carbons (Fsp3) is 0.538. The highest BCUT2D eigenvalue weighted by atomic mass is 35.5. The molecular weight excluding hydrogens is 241 g/mol. The monoisotopic (exact) mass is 259 g/mol. The van der Waals surface area contributed by atoms with Crippen LogP contribution in [0.1, 0.15) is 31.2 Å². The molecule has 96 valence electrons. The summed E-state index contributed by atoms with van der Waals surface area (Å²) in [5.74, 6) is -0.206. The number of benzene rings is 1. The second-order valence-electron chi connectivity index (χ2n) is 4.54. The second-order valence-corrected chi connectivity index (χ2v) is 4.54. The summed E-state index contributed by atoms with van der Waals surface area (Å²) in [7, 11) is 1.72. The van der Waals surface area contributed by atoms with E-state index in [1.807, 2.05) is 12.1 Å². The average Bonchev–Trinajstić information content (AvgIpc) is 2.32. The molecule has 0 aromatic heterocycles. The fourth-order valence-corrected chi connectivity index (χ4v) is 2.47. The van der Waals surface area contributed by atoms with Crippen molar-refractivity contribution >= 4 is 12.4 Å². The van der Waals surface area contributed by atoms with Crippen LogP contribution < -0.4 is 5.73 Å². The first kappa shape index (κ1) is 14.4. The van der Waals surface area contributed by atoms with Crippen LogP contribution in [0.2, 0.25) is 0 Å². The molecule has 1 saturated carbocycles. The van der Waals surface area contributed by atoms with Crippen LogP contribution in [0.4, 0.5) is 4.39 Å². The normalized spacial score (nSPS) is 28.5. The van der Waals surface area contributed by atoms with E-state index in [1.54, 1.807) is 7.11 Å². The topological polar surface area (TPSA) is 35.2 Å². The maximum Gasteiger partial charge on any atom is 0.123 e. The van der Waals surface area contributed by atoms with Gasteiger partial charge in [0, 0.05) is 13.2 Å². The maximum absolute atomic E-state index is 12.9. The molecule has 1 fully saturated rings. The number of ether oxygens (including phenoxy) is 1. The quantitative estimate of drug-likeness (QED) is 0.886. The first-order valence-electron chi connectivity index (χ1n) is 5.73. The molecule has 17 heavy (non-hydrogen) atoms. The van der Waals surface area contributed by atoms with Gasteiger partial charge >= 0.3 is 0 Å². The number of hydrogen-bond donors (Lipinski definition) is 1. The van der Waals surface area contributed by atoms with Gasteiger partial charge in [-0.15, -0.1) is 12.4 Å². The minimum absolute atomic E-state index is 0. The number of halogens is 2. The fourth-order valence-electron chi connectivity index (χ4n) is 2.47. The molecule has 1 aromatic carbocycles. The number of nitrogens with two attached hydrogens (primary N) is 1. The summed E-state index contributed by atoms with van der Waals surface area (Å²) >= 11 is 0. The number of hydrogen-bond acceptors (Lipinski definition) is 2. The molecule has 0 heterocycles. The Balaban J connectivity index is 0.00000144. The molecule has 0 bridgehead atoms. The standard InChI is InChI=1S/C13H18FNO.ClH/c1-16-13(8-6-12(15)7-9-13)10-2-4-11(14)5-3-10;/h2-5,12H,6-9,15H2,1H3;1H/t12-,13+;. The van der Waals surface area contributed by atoms with Gasteiger partial charge in [0.15, 0.2) is 0 Å². The third-order valence-electron chi connectivity index (χ3n) is 3.60. The lowest BCUT2D eigenvalue weighted by Crippen LogP contribution is -2.38. The van der Waals surface area contributed by atoms with Crippen molar-refractivity contribution in [2.24, 2.45) is 5.73 Å². The van der Waals surface area contributed by atoms with Crippen LogP contribution in [-0.2, 0) is 10.3 Å². The summed E-state index contributed by atoms with van der Waals surface area (Å²) in [6, 6.07) is 6.89. The molecule has 0 radical (unpaired) electrons. The van der Waals surface area contributed by atoms with Crippen molar-refractivity contribution in [1.29, 1.82) is 0 Å². The molecule has 0 atom stereocenters. The molecule has 2 nitrogen and oxygen atoms in total. The molecule has 0 saturated heterocycles. The van der Waals surface area contributed by atoms with Crippen LogP contribution in [0.3, 0.4) is 0 Å². The number of rotatable bonds is 2. The maximum atomic E-state index is 12.9. The van der Waals surface area contributed by atoms with Gasteiger partial charge in [-0.1, -0.05) is 12.1 Å². The first-order chi connectivity index (χ1) is 7.66. The predicted molar refractivity (Wildman–Crippen MR) is 68.8 cm³/mol. The SMILES string of the molecule is CO[C@]1(c2ccc(F)cc2)CC[C@H](N)CC1.Cl. The molecule has 0 amide bonds. The van der Waals surface area contributed by atoms with Crippen LogP contribution in [0.25, 0.3) is 0 Å². The van der Waals surface area contributed by atoms with E-state index in [2.05, 4.69) is 0 Å². The van der Waals surface area contributed by atoms with Gasteiger partial charge in [0.25, 0.3) is 0 Å². The molecule has 0 unspecified atom stereocenters. The van der Waals surface area contributed by atoms with Gasteiger partial charge in [-0.05, 0) is 43.4 Å². The van der Waals surface area contributed by atoms with E-state index >= 15 is 0 Å². The van der Waals surface area contributed by atoms with Crippen molar-refractivity contribution in [2.45, 2.75) is 37.3 Å². The van der Waals surface area contributed by atoms with Crippen molar-refractivity contribution in [3.63, 3.8) is 0 Å². The Morgan fingerprint density at radius 3 is 2.24 bits per heavy atom. The van der Waals surface area contributed by atoms with E-state index in [0.717, 1.165) is 31.2 Å². The summed E-state index contributed by atoms with van der Waals surface area (Å²) in [6.07, 6.45) is 3.75. The van der Waals surface area contributed by atoms with Gasteiger partial charge < -0.3 is 10.5 Å². The van der Waals surface area contributed by atoms with Crippen LogP contribution >= 0.6 is 12.4 Å². The molecule has 4 heteroatoms. The Morgan fingerprint density at radius 1 is 1.24 bits per heavy atom. The summed E-state index contributed by atoms with van der Waals surface area (Å²) in [6.45, 7) is 0. The van der Waals surface area contributed by atoms with E-state index in [0.29, 0.717) is 0 Å². The van der Waals surface area contributed by atoms with Crippen molar-refractivity contribution in [2.75, 3.05) is 7.11 Å². The Morgan fingerprint density at radius 2 is 1.76 bits per heavy atom. The van der Waals surface area contributed by atoms with Crippen molar-refractivity contribution < 1.29 is 9.13 Å². The van der Waals surface area contributed by atoms with Crippen LogP contribution in [0.5, 0.6) is 0 Å². The zero-order valence-electron chi connectivity index (χ0n) is 9.99. The highest BCUT2D eigenvalue weighted by Gasteiger charge is 2.35. The van der Waals surface area contributed by atoms with Gasteiger partial charge in [0.05, 0.1) is 5.60 Å². The Bertz CT molecular complexity index is 347. The van der Waals surface area contributed by atoms with Gasteiger partial charge in [0.1, 0.15) is 5.82 Å². The summed E-state index contributed by atoms with van der Waals surface area (Å²) in [5.41, 5.74) is 6.70. The Hall–Kier alpha value is -0.640. The summed E-state index contributed by atoms with van der Waals surface area (Å²) < 4.78 is 18.6. The van der Waals surface area contributed by atoms with Crippen LogP contribution in [0.15, 0.2) is 24.3 Å². The van der Waals surface area contributed by atoms with Gasteiger partial charge in [-0.25, -0.2) is 4.39 Å². The Labute approximate surface area is 108 Å². The number of methoxy groups -OCH3 is 1. The highest BCUT2D eigenvalue weighted by Crippen LogP contribution is 2.39. The van der Waals surface area contributed by atoms with E-state index in [4.69, 9.17) is 10.5 Å². The minimum Gasteiger partial charge on any atom is -0.374 e. The molecular formula is C13H19ClFNO. The van der Waals surface area contributed by atoms with E-state index < -0.39 is 0 Å². The van der Waals surface area contributed by atoms with Crippen molar-refractivity contribution in [1.82, 2.24) is 0 Å². The smallest absolute Gasteiger partial charge is 0.123 e. The molecule has 1 aliphatic rings. The predicted octanol–water partition coefficient (Wildman–Crippen LogP) is 2.99. The van der Waals surface area contributed by atoms with E-state index in [-0.39, 0.29) is 29.9 Å². The average molecular weight is 260 g/mol. The lowest BCUT2D eigenvalue weighted by molar-refractivity contribution is -0.0477. The second kappa shape index (κ2) is 5.80. The van der Waals surface area contributed by atoms with Gasteiger partial charge in [0.2, 0.25) is 0 Å².